The Morgan fingerprint density at radius 2 is 0.693 bits per heavy atom. The van der Waals surface area contributed by atoms with E-state index in [-0.39, 0.29) is 91.4 Å². The fraction of sp³-hybridized carbons (Fsp3) is 0.114. The van der Waals surface area contributed by atoms with Gasteiger partial charge in [0.1, 0.15) is 59.3 Å². The number of rotatable bonds is 14. The van der Waals surface area contributed by atoms with Crippen molar-refractivity contribution in [2.45, 2.75) is 37.6 Å². The quantitative estimate of drug-likeness (QED) is 0.0325. The number of allylic oxidation sites excluding steroid dienone is 8. The van der Waals surface area contributed by atoms with Crippen LogP contribution < -0.4 is 0 Å². The molecule has 2 aromatic heterocycles. The molecule has 18 heteroatoms. The van der Waals surface area contributed by atoms with Crippen LogP contribution in [0.5, 0.6) is 0 Å². The molecule has 0 radical (unpaired) electrons. The Hall–Kier alpha value is -10.8. The molecule has 2 aliphatic heterocycles. The van der Waals surface area contributed by atoms with E-state index in [9.17, 15) is 19.2 Å². The molecule has 0 N–H and O–H groups in total. The highest BCUT2D eigenvalue weighted by Crippen LogP contribution is 2.55. The van der Waals surface area contributed by atoms with Crippen LogP contribution in [0.2, 0.25) is 0 Å². The minimum atomic E-state index is -2.73. The van der Waals surface area contributed by atoms with Crippen LogP contribution in [0.3, 0.4) is 0 Å². The number of esters is 4. The SMILES string of the molecule is O=C1C(=O)c2ccccc2/C1=C/c1nc2c(s1)C1=CC3C=C4OC(C(=O)OCc5ccccc5)(C(=O)OCc5ccccc5)c5nc(/C=C6\C(=O)C(=O)c7ccccc76)sc5C4=CC3C=C1OC2(C(=O)OCc1ccccc1)C(=O)OCc1ccccc1. The van der Waals surface area contributed by atoms with Crippen molar-refractivity contribution in [3.8, 4) is 0 Å². The van der Waals surface area contributed by atoms with Crippen LogP contribution in [0.15, 0.2) is 206 Å². The summed E-state index contributed by atoms with van der Waals surface area (Å²) in [4.78, 5) is 125. The van der Waals surface area contributed by atoms with Crippen molar-refractivity contribution in [1.82, 2.24) is 9.97 Å². The summed E-state index contributed by atoms with van der Waals surface area (Å²) in [6.07, 6.45) is 9.94. The van der Waals surface area contributed by atoms with Crippen LogP contribution in [0, 0.1) is 11.8 Å². The van der Waals surface area contributed by atoms with E-state index in [4.69, 9.17) is 38.4 Å². The second-order valence-corrected chi connectivity index (χ2v) is 23.2. The van der Waals surface area contributed by atoms with Crippen LogP contribution in [0.4, 0.5) is 0 Å². The zero-order valence-corrected chi connectivity index (χ0v) is 47.7. The number of nitrogens with zero attached hydrogens (tertiary/aromatic N) is 2. The van der Waals surface area contributed by atoms with Crippen molar-refractivity contribution < 1.29 is 66.8 Å². The van der Waals surface area contributed by atoms with E-state index in [2.05, 4.69) is 0 Å². The van der Waals surface area contributed by atoms with Crippen LogP contribution in [0.25, 0.3) is 34.4 Å². The Balaban J connectivity index is 0.929. The van der Waals surface area contributed by atoms with E-state index in [1.54, 1.807) is 182 Å². The molecular formula is C70H44N2O14S2. The highest BCUT2D eigenvalue weighted by Gasteiger charge is 2.63. The second-order valence-electron chi connectivity index (χ2n) is 21.2. The summed E-state index contributed by atoms with van der Waals surface area (Å²) in [6, 6.07) is 48.5. The number of hydrogen-bond acceptors (Lipinski definition) is 18. The number of ketones is 4. The predicted octanol–water partition coefficient (Wildman–Crippen LogP) is 11.1. The molecule has 0 spiro atoms. The van der Waals surface area contributed by atoms with Crippen molar-refractivity contribution in [3.63, 3.8) is 0 Å². The molecule has 16 nitrogen and oxygen atoms in total. The monoisotopic (exact) mass is 1200 g/mol. The molecule has 2 atom stereocenters. The normalized spacial score (nSPS) is 18.7. The zero-order valence-electron chi connectivity index (χ0n) is 46.0. The van der Waals surface area contributed by atoms with Gasteiger partial charge in [-0.2, -0.15) is 0 Å². The zero-order chi connectivity index (χ0) is 60.3. The maximum Gasteiger partial charge on any atom is 0.369 e. The van der Waals surface area contributed by atoms with E-state index in [1.165, 1.54) is 12.2 Å². The summed E-state index contributed by atoms with van der Waals surface area (Å²) in [7, 11) is 0. The molecule has 0 saturated heterocycles. The van der Waals surface area contributed by atoms with Gasteiger partial charge in [-0.15, -0.1) is 22.7 Å². The van der Waals surface area contributed by atoms with Crippen molar-refractivity contribution in [2.24, 2.45) is 11.8 Å². The highest BCUT2D eigenvalue weighted by molar-refractivity contribution is 7.14. The van der Waals surface area contributed by atoms with Crippen LogP contribution in [0.1, 0.15) is 85.3 Å². The molecule has 8 aromatic rings. The Bertz CT molecular complexity index is 4120. The standard InChI is InChI=1S/C70H44N2O14S2/c73-57-47-27-15-13-25-45(47)49(59(57)75)33-55-71-63-61(87-55)51-29-44-32-54-52(30-43(44)31-53(51)85-69(63,65(77)81-35-39-17-5-1-6-18-39)66(78)82-36-40-19-7-2-8-20-40)62-64(72-56(88-62)34-50-46-26-14-16-28-48(46)58(74)60(50)76)70(86-54,67(79)83-37-41-21-9-3-10-22-41)68(80)84-38-42-23-11-4-12-24-42/h1-34,43-44H,35-38H2/b49-33-,50-34-. The van der Waals surface area contributed by atoms with Crippen LogP contribution >= 0.6 is 22.7 Å². The largest absolute Gasteiger partial charge is 0.458 e. The molecule has 0 saturated carbocycles. The van der Waals surface area contributed by atoms with Gasteiger partial charge in [0.2, 0.25) is 23.1 Å². The van der Waals surface area contributed by atoms with Crippen LogP contribution in [-0.4, -0.2) is 57.0 Å². The lowest BCUT2D eigenvalue weighted by Crippen LogP contribution is -2.51. The molecule has 430 valence electrons. The molecule has 4 heterocycles. The van der Waals surface area contributed by atoms with E-state index in [0.717, 1.165) is 22.7 Å². The lowest BCUT2D eigenvalue weighted by atomic mass is 9.76. The van der Waals surface area contributed by atoms with Crippen molar-refractivity contribution in [2.75, 3.05) is 0 Å². The number of ether oxygens (including phenoxy) is 6. The second kappa shape index (κ2) is 22.2. The van der Waals surface area contributed by atoms with Crippen LogP contribution in [-0.2, 0) is 94.8 Å². The van der Waals surface area contributed by atoms with E-state index >= 15 is 19.2 Å². The van der Waals surface area contributed by atoms with Crippen molar-refractivity contribution >= 4 is 104 Å². The minimum absolute atomic E-state index is 0.0502. The van der Waals surface area contributed by atoms with Gasteiger partial charge in [-0.3, -0.25) is 19.2 Å². The van der Waals surface area contributed by atoms with Gasteiger partial charge in [0.05, 0.1) is 9.75 Å². The first-order chi connectivity index (χ1) is 42.9. The Kier molecular flexibility index (Phi) is 13.9. The van der Waals surface area contributed by atoms with Crippen molar-refractivity contribution in [1.29, 1.82) is 0 Å². The molecule has 14 rings (SSSR count). The fourth-order valence-corrected chi connectivity index (χ4v) is 13.5. The lowest BCUT2D eigenvalue weighted by molar-refractivity contribution is -0.191. The molecule has 0 bridgehead atoms. The molecular weight excluding hydrogens is 1160 g/mol. The van der Waals surface area contributed by atoms with Gasteiger partial charge in [0, 0.05) is 45.3 Å². The first-order valence-corrected chi connectivity index (χ1v) is 29.5. The smallest absolute Gasteiger partial charge is 0.369 e. The number of fused-ring (bicyclic) bond motifs is 9. The average Bonchev–Trinajstić information content (AvgIpc) is 1.42. The topological polar surface area (TPSA) is 218 Å². The minimum Gasteiger partial charge on any atom is -0.458 e. The fourth-order valence-electron chi connectivity index (χ4n) is 11.4. The molecule has 6 aromatic carbocycles. The Labute approximate surface area is 509 Å². The number of hydrogen-bond donors (Lipinski definition) is 0. The molecule has 4 aliphatic carbocycles. The highest BCUT2D eigenvalue weighted by atomic mass is 32.1. The van der Waals surface area contributed by atoms with Gasteiger partial charge in [0.15, 0.2) is 0 Å². The number of carbonyl (C=O) groups is 8. The number of thiazole rings is 2. The maximum atomic E-state index is 15.3. The maximum absolute atomic E-state index is 15.3. The molecule has 0 amide bonds. The van der Waals surface area contributed by atoms with Gasteiger partial charge in [0.25, 0.3) is 0 Å². The molecule has 2 unspecified atom stereocenters. The summed E-state index contributed by atoms with van der Waals surface area (Å²) in [5, 5.41) is 0.259. The summed E-state index contributed by atoms with van der Waals surface area (Å²) in [5.41, 5.74) is -1.44. The molecule has 6 aliphatic rings. The van der Waals surface area contributed by atoms with E-state index in [0.29, 0.717) is 44.5 Å². The summed E-state index contributed by atoms with van der Waals surface area (Å²) >= 11 is 2.06. The Morgan fingerprint density at radius 1 is 0.398 bits per heavy atom. The van der Waals surface area contributed by atoms with E-state index < -0.39 is 70.0 Å². The third-order valence-electron chi connectivity index (χ3n) is 15.7. The van der Waals surface area contributed by atoms with Gasteiger partial charge in [-0.05, 0) is 57.7 Å². The lowest BCUT2D eigenvalue weighted by Gasteiger charge is -2.40. The Morgan fingerprint density at radius 3 is 1.01 bits per heavy atom. The van der Waals surface area contributed by atoms with Gasteiger partial charge in [-0.1, -0.05) is 182 Å². The summed E-state index contributed by atoms with van der Waals surface area (Å²) in [6.45, 7) is -1.11. The predicted molar refractivity (Wildman–Crippen MR) is 321 cm³/mol. The number of aromatic nitrogens is 2. The number of carbonyl (C=O) groups excluding carboxylic acids is 8. The summed E-state index contributed by atoms with van der Waals surface area (Å²) < 4.78 is 37.8. The van der Waals surface area contributed by atoms with E-state index in [1.807, 2.05) is 12.2 Å². The first kappa shape index (κ1) is 55.1. The summed E-state index contributed by atoms with van der Waals surface area (Å²) in [5.74, 6) is -8.82. The van der Waals surface area contributed by atoms with Gasteiger partial charge < -0.3 is 28.4 Å². The molecule has 88 heavy (non-hydrogen) atoms. The first-order valence-electron chi connectivity index (χ1n) is 27.8. The molecule has 0 fully saturated rings. The number of benzene rings is 6. The third kappa shape index (κ3) is 9.45. The van der Waals surface area contributed by atoms with Gasteiger partial charge >= 0.3 is 35.1 Å². The van der Waals surface area contributed by atoms with Crippen molar-refractivity contribution in [3.05, 3.63) is 281 Å². The van der Waals surface area contributed by atoms with Gasteiger partial charge in [-0.25, -0.2) is 29.1 Å². The number of Topliss-reactive ketones (excluding diaryl/α,β-unsaturated/α-hetero) is 4. The third-order valence-corrected chi connectivity index (χ3v) is 17.8. The average molecular weight is 1200 g/mol.